The van der Waals surface area contributed by atoms with E-state index in [0.29, 0.717) is 0 Å². The minimum absolute atomic E-state index is 0.0556. The average Bonchev–Trinajstić information content (AvgIpc) is 1.65. The number of alkyl halides is 2. The summed E-state index contributed by atoms with van der Waals surface area (Å²) in [6, 6.07) is 0. The summed E-state index contributed by atoms with van der Waals surface area (Å²) in [6.45, 7) is 1.36. The molecule has 0 fully saturated rings. The molecule has 0 N–H and O–H groups in total. The first-order chi connectivity index (χ1) is 3.18. The molecule has 0 aromatic carbocycles. The molecule has 0 spiro atoms. The van der Waals surface area contributed by atoms with Crippen molar-refractivity contribution in [3.8, 4) is 0 Å². The summed E-state index contributed by atoms with van der Waals surface area (Å²) in [4.78, 5) is 1.22. The zero-order valence-corrected chi connectivity index (χ0v) is 5.37. The Balaban J connectivity index is 3.56. The molecule has 0 aliphatic rings. The minimum Gasteiger partial charge on any atom is -0.205 e. The monoisotopic (exact) mass is 170 g/mol. The smallest absolute Gasteiger partial charge is 0.205 e. The number of allylic oxidation sites excluding steroid dienone is 1. The van der Waals surface area contributed by atoms with Gasteiger partial charge in [0, 0.05) is 0 Å². The lowest BCUT2D eigenvalue weighted by molar-refractivity contribution is 0.190. The van der Waals surface area contributed by atoms with Crippen molar-refractivity contribution in [1.29, 1.82) is 0 Å². The predicted octanol–water partition coefficient (Wildman–Crippen LogP) is 2.55. The highest BCUT2D eigenvalue weighted by Crippen LogP contribution is 2.07. The normalized spacial score (nSPS) is 13.0. The van der Waals surface area contributed by atoms with Crippen LogP contribution in [0.2, 0.25) is 0 Å². The molecule has 7 heavy (non-hydrogen) atoms. The number of rotatable bonds is 1. The van der Waals surface area contributed by atoms with Crippen LogP contribution in [0.3, 0.4) is 0 Å². The summed E-state index contributed by atoms with van der Waals surface area (Å²) in [6.07, 6.45) is -2.32. The fraction of sp³-hybridized carbons (Fsp3) is 0.500. The van der Waals surface area contributed by atoms with Crippen molar-refractivity contribution in [1.82, 2.24) is 0 Å². The molecular weight excluding hydrogens is 166 g/mol. The maximum atomic E-state index is 11.3. The molecule has 0 rings (SSSR count). The lowest BCUT2D eigenvalue weighted by Gasteiger charge is -1.91. The molecule has 0 bridgehead atoms. The second kappa shape index (κ2) is 3.13. The van der Waals surface area contributed by atoms with E-state index in [-0.39, 0.29) is 5.57 Å². The van der Waals surface area contributed by atoms with E-state index in [1.807, 2.05) is 0 Å². The van der Waals surface area contributed by atoms with Crippen molar-refractivity contribution in [2.75, 3.05) is 0 Å². The van der Waals surface area contributed by atoms with Gasteiger partial charge in [0.25, 0.3) is 6.43 Å². The van der Waals surface area contributed by atoms with Gasteiger partial charge in [0.2, 0.25) is 0 Å². The molecule has 0 saturated carbocycles. The number of hydrogen-bond donors (Lipinski definition) is 0. The van der Waals surface area contributed by atoms with Gasteiger partial charge in [0.1, 0.15) is 0 Å². The van der Waals surface area contributed by atoms with Crippen LogP contribution in [0.4, 0.5) is 8.78 Å². The van der Waals surface area contributed by atoms with Gasteiger partial charge in [0.15, 0.2) is 0 Å². The van der Waals surface area contributed by atoms with Crippen LogP contribution in [0.25, 0.3) is 0 Å². The molecule has 0 amide bonds. The highest BCUT2D eigenvalue weighted by Gasteiger charge is 2.01. The second-order valence-electron chi connectivity index (χ2n) is 1.15. The predicted molar refractivity (Wildman–Crippen MR) is 28.7 cm³/mol. The lowest BCUT2D eigenvalue weighted by Crippen LogP contribution is -1.88. The lowest BCUT2D eigenvalue weighted by atomic mass is 10.4. The van der Waals surface area contributed by atoms with Crippen LogP contribution >= 0.6 is 15.9 Å². The van der Waals surface area contributed by atoms with Gasteiger partial charge >= 0.3 is 0 Å². The molecule has 0 aliphatic carbocycles. The third kappa shape index (κ3) is 2.74. The molecule has 0 atom stereocenters. The molecule has 42 valence electrons. The maximum absolute atomic E-state index is 11.3. The van der Waals surface area contributed by atoms with Gasteiger partial charge in [-0.1, -0.05) is 15.9 Å². The van der Waals surface area contributed by atoms with E-state index < -0.39 is 6.43 Å². The van der Waals surface area contributed by atoms with Crippen LogP contribution < -0.4 is 0 Å². The highest BCUT2D eigenvalue weighted by molar-refractivity contribution is 9.11. The van der Waals surface area contributed by atoms with Crippen LogP contribution in [0.1, 0.15) is 6.92 Å². The number of halogens is 3. The molecule has 0 aliphatic heterocycles. The first kappa shape index (κ1) is 7.08. The quantitative estimate of drug-likeness (QED) is 0.568. The SMILES string of the molecule is CC(=CBr)C(F)F. The summed E-state index contributed by atoms with van der Waals surface area (Å²) >= 11 is 2.77. The summed E-state index contributed by atoms with van der Waals surface area (Å²) < 4.78 is 22.7. The van der Waals surface area contributed by atoms with Crippen molar-refractivity contribution < 1.29 is 8.78 Å². The zero-order valence-electron chi connectivity index (χ0n) is 3.79. The molecular formula is C4H5BrF2. The summed E-state index contributed by atoms with van der Waals surface area (Å²) in [5.74, 6) is 0. The van der Waals surface area contributed by atoms with Gasteiger partial charge in [-0.05, 0) is 17.5 Å². The van der Waals surface area contributed by atoms with E-state index >= 15 is 0 Å². The van der Waals surface area contributed by atoms with Gasteiger partial charge in [-0.3, -0.25) is 0 Å². The topological polar surface area (TPSA) is 0 Å². The fourth-order valence-corrected chi connectivity index (χ4v) is 0.247. The Hall–Kier alpha value is 0.0800. The Morgan fingerprint density at radius 1 is 1.71 bits per heavy atom. The second-order valence-corrected chi connectivity index (χ2v) is 1.61. The standard InChI is InChI=1S/C4H5BrF2/c1-3(2-5)4(6)7/h2,4H,1H3. The van der Waals surface area contributed by atoms with E-state index in [4.69, 9.17) is 0 Å². The summed E-state index contributed by atoms with van der Waals surface area (Å²) in [5, 5.41) is 0. The number of hydrogen-bond acceptors (Lipinski definition) is 0. The van der Waals surface area contributed by atoms with Gasteiger partial charge in [-0.15, -0.1) is 0 Å². The van der Waals surface area contributed by atoms with Crippen LogP contribution in [0.5, 0.6) is 0 Å². The van der Waals surface area contributed by atoms with Crippen molar-refractivity contribution in [2.45, 2.75) is 13.3 Å². The Bertz CT molecular complexity index is 77.8. The molecule has 0 heterocycles. The first-order valence-electron chi connectivity index (χ1n) is 1.73. The van der Waals surface area contributed by atoms with Crippen molar-refractivity contribution in [3.63, 3.8) is 0 Å². The van der Waals surface area contributed by atoms with Gasteiger partial charge in [-0.2, -0.15) is 0 Å². The van der Waals surface area contributed by atoms with Crippen molar-refractivity contribution in [2.24, 2.45) is 0 Å². The van der Waals surface area contributed by atoms with E-state index in [9.17, 15) is 8.78 Å². The largest absolute Gasteiger partial charge is 0.260 e. The first-order valence-corrected chi connectivity index (χ1v) is 2.65. The van der Waals surface area contributed by atoms with E-state index in [0.717, 1.165) is 0 Å². The third-order valence-electron chi connectivity index (χ3n) is 0.516. The van der Waals surface area contributed by atoms with Gasteiger partial charge in [-0.25, -0.2) is 8.78 Å². The average molecular weight is 171 g/mol. The van der Waals surface area contributed by atoms with Crippen LogP contribution in [0.15, 0.2) is 10.6 Å². The Morgan fingerprint density at radius 2 is 2.14 bits per heavy atom. The maximum Gasteiger partial charge on any atom is 0.260 e. The van der Waals surface area contributed by atoms with E-state index in [2.05, 4.69) is 15.9 Å². The van der Waals surface area contributed by atoms with Crippen molar-refractivity contribution >= 4 is 15.9 Å². The molecule has 3 heteroatoms. The molecule has 0 unspecified atom stereocenters. The molecule has 0 aromatic rings. The molecule has 0 nitrogen and oxygen atoms in total. The molecule has 0 radical (unpaired) electrons. The Morgan fingerprint density at radius 3 is 2.14 bits per heavy atom. The Labute approximate surface area is 49.3 Å². The van der Waals surface area contributed by atoms with Crippen LogP contribution in [0, 0.1) is 0 Å². The van der Waals surface area contributed by atoms with Gasteiger partial charge in [0.05, 0.1) is 0 Å². The summed E-state index contributed by atoms with van der Waals surface area (Å²) in [5.41, 5.74) is 0.0556. The highest BCUT2D eigenvalue weighted by atomic mass is 79.9. The minimum atomic E-state index is -2.32. The molecule has 0 saturated heterocycles. The van der Waals surface area contributed by atoms with Gasteiger partial charge < -0.3 is 0 Å². The third-order valence-corrected chi connectivity index (χ3v) is 1.24. The zero-order chi connectivity index (χ0) is 5.86. The van der Waals surface area contributed by atoms with E-state index in [1.165, 1.54) is 11.9 Å². The van der Waals surface area contributed by atoms with Crippen molar-refractivity contribution in [3.05, 3.63) is 10.6 Å². The summed E-state index contributed by atoms with van der Waals surface area (Å²) in [7, 11) is 0. The van der Waals surface area contributed by atoms with E-state index in [1.54, 1.807) is 0 Å². The molecule has 0 aromatic heterocycles. The Kier molecular flexibility index (Phi) is 3.17. The fourth-order valence-electron chi connectivity index (χ4n) is 0.0476. The van der Waals surface area contributed by atoms with Crippen LogP contribution in [-0.2, 0) is 0 Å². The van der Waals surface area contributed by atoms with Crippen LogP contribution in [-0.4, -0.2) is 6.43 Å².